The molecular weight excluding hydrogens is 370 g/mol. The monoisotopic (exact) mass is 389 g/mol. The largest absolute Gasteiger partial charge is 0.489 e. The van der Waals surface area contributed by atoms with Gasteiger partial charge in [-0.05, 0) is 29.8 Å². The number of rotatable bonds is 4. The maximum absolute atomic E-state index is 12.3. The fraction of sp³-hybridized carbons (Fsp3) is 0.350. The zero-order chi connectivity index (χ0) is 18.6. The summed E-state index contributed by atoms with van der Waals surface area (Å²) in [5.41, 5.74) is 0.771. The van der Waals surface area contributed by atoms with E-state index in [-0.39, 0.29) is 18.4 Å². The van der Waals surface area contributed by atoms with Crippen LogP contribution in [0.3, 0.4) is 0 Å². The van der Waals surface area contributed by atoms with Crippen LogP contribution >= 0.6 is 11.6 Å². The molecule has 0 aromatic heterocycles. The maximum Gasteiger partial charge on any atom is 0.224 e. The van der Waals surface area contributed by atoms with Gasteiger partial charge < -0.3 is 24.3 Å². The smallest absolute Gasteiger partial charge is 0.224 e. The molecule has 2 aromatic rings. The molecule has 0 aliphatic carbocycles. The summed E-state index contributed by atoms with van der Waals surface area (Å²) >= 11 is 6.28. The molecule has 0 bridgehead atoms. The van der Waals surface area contributed by atoms with Crippen LogP contribution in [0.4, 0.5) is 0 Å². The van der Waals surface area contributed by atoms with Crippen LogP contribution in [0, 0.1) is 0 Å². The first-order chi connectivity index (χ1) is 13.2. The quantitative estimate of drug-likeness (QED) is 0.870. The van der Waals surface area contributed by atoms with E-state index in [9.17, 15) is 4.79 Å². The topological polar surface area (TPSA) is 66.0 Å². The van der Waals surface area contributed by atoms with Crippen LogP contribution in [-0.2, 0) is 11.2 Å². The van der Waals surface area contributed by atoms with Crippen molar-refractivity contribution >= 4 is 17.5 Å². The van der Waals surface area contributed by atoms with Crippen LogP contribution in [0.15, 0.2) is 36.4 Å². The van der Waals surface area contributed by atoms with Crippen molar-refractivity contribution in [3.05, 3.63) is 47.0 Å². The lowest BCUT2D eigenvalue weighted by atomic mass is 10.1. The molecule has 1 amide bonds. The number of hydrogen-bond acceptors (Lipinski definition) is 5. The van der Waals surface area contributed by atoms with Crippen LogP contribution in [0.1, 0.15) is 12.0 Å². The molecule has 7 heteroatoms. The average Bonchev–Trinajstić information content (AvgIpc) is 2.92. The maximum atomic E-state index is 12.3. The van der Waals surface area contributed by atoms with E-state index in [0.717, 1.165) is 17.7 Å². The lowest BCUT2D eigenvalue weighted by Gasteiger charge is -2.26. The Bertz CT molecular complexity index is 841. The van der Waals surface area contributed by atoms with Crippen molar-refractivity contribution in [3.8, 4) is 23.0 Å². The Morgan fingerprint density at radius 3 is 2.78 bits per heavy atom. The van der Waals surface area contributed by atoms with E-state index < -0.39 is 0 Å². The molecule has 2 aliphatic rings. The first-order valence-electron chi connectivity index (χ1n) is 8.92. The van der Waals surface area contributed by atoms with Crippen molar-refractivity contribution in [1.29, 1.82) is 0 Å². The lowest BCUT2D eigenvalue weighted by molar-refractivity contribution is -0.120. The Morgan fingerprint density at radius 2 is 1.89 bits per heavy atom. The minimum absolute atomic E-state index is 0.122. The van der Waals surface area contributed by atoms with Crippen LogP contribution in [0.5, 0.6) is 23.0 Å². The standard InChI is InChI=1S/C20H20ClNO5/c21-15-8-13(9-18-20(15)25-7-3-6-24-18)10-19(23)22-11-14-12-26-16-4-1-2-5-17(16)27-14/h1-2,4-5,8-9,14H,3,6-7,10-12H2,(H,22,23). The van der Waals surface area contributed by atoms with Crippen molar-refractivity contribution in [2.75, 3.05) is 26.4 Å². The van der Waals surface area contributed by atoms with E-state index in [2.05, 4.69) is 5.32 Å². The number of hydrogen-bond donors (Lipinski definition) is 1. The average molecular weight is 390 g/mol. The predicted octanol–water partition coefficient (Wildman–Crippen LogP) is 3.00. The highest BCUT2D eigenvalue weighted by Gasteiger charge is 2.21. The Balaban J connectivity index is 1.34. The molecule has 0 saturated carbocycles. The van der Waals surface area contributed by atoms with Crippen LogP contribution in [0.2, 0.25) is 5.02 Å². The summed E-state index contributed by atoms with van der Waals surface area (Å²) in [6, 6.07) is 11.0. The van der Waals surface area contributed by atoms with Gasteiger partial charge in [-0.15, -0.1) is 0 Å². The molecule has 0 spiro atoms. The van der Waals surface area contributed by atoms with Crippen LogP contribution in [-0.4, -0.2) is 38.4 Å². The second kappa shape index (κ2) is 7.96. The number of halogens is 1. The van der Waals surface area contributed by atoms with E-state index in [4.69, 9.17) is 30.5 Å². The third-order valence-electron chi connectivity index (χ3n) is 4.32. The Labute approximate surface area is 162 Å². The van der Waals surface area contributed by atoms with Gasteiger partial charge in [0.2, 0.25) is 5.91 Å². The molecular formula is C20H20ClNO5. The molecule has 2 aromatic carbocycles. The van der Waals surface area contributed by atoms with Gasteiger partial charge in [0.15, 0.2) is 23.0 Å². The van der Waals surface area contributed by atoms with Crippen molar-refractivity contribution in [1.82, 2.24) is 5.32 Å². The zero-order valence-electron chi connectivity index (χ0n) is 14.7. The normalized spacial score (nSPS) is 17.7. The van der Waals surface area contributed by atoms with Gasteiger partial charge in [0, 0.05) is 6.42 Å². The van der Waals surface area contributed by atoms with Crippen molar-refractivity contribution < 1.29 is 23.7 Å². The molecule has 0 radical (unpaired) electrons. The number of amides is 1. The van der Waals surface area contributed by atoms with Gasteiger partial charge in [-0.25, -0.2) is 0 Å². The van der Waals surface area contributed by atoms with E-state index >= 15 is 0 Å². The lowest BCUT2D eigenvalue weighted by Crippen LogP contribution is -2.41. The number of carbonyl (C=O) groups excluding carboxylic acids is 1. The molecule has 27 heavy (non-hydrogen) atoms. The molecule has 2 heterocycles. The van der Waals surface area contributed by atoms with Gasteiger partial charge in [0.1, 0.15) is 12.7 Å². The Morgan fingerprint density at radius 1 is 1.07 bits per heavy atom. The molecule has 1 N–H and O–H groups in total. The van der Waals surface area contributed by atoms with Gasteiger partial charge in [-0.1, -0.05) is 23.7 Å². The van der Waals surface area contributed by atoms with Gasteiger partial charge in [0.25, 0.3) is 0 Å². The third-order valence-corrected chi connectivity index (χ3v) is 4.60. The van der Waals surface area contributed by atoms with Gasteiger partial charge in [0.05, 0.1) is 31.2 Å². The van der Waals surface area contributed by atoms with Crippen molar-refractivity contribution in [2.45, 2.75) is 18.9 Å². The molecule has 6 nitrogen and oxygen atoms in total. The minimum Gasteiger partial charge on any atom is -0.489 e. The van der Waals surface area contributed by atoms with Crippen LogP contribution in [0.25, 0.3) is 0 Å². The molecule has 0 fully saturated rings. The SMILES string of the molecule is O=C(Cc1cc(Cl)c2c(c1)OCCCO2)NCC1COc2ccccc2O1. The number of fused-ring (bicyclic) bond motifs is 2. The van der Waals surface area contributed by atoms with Gasteiger partial charge in [-0.2, -0.15) is 0 Å². The summed E-state index contributed by atoms with van der Waals surface area (Å²) in [6.45, 7) is 1.90. The number of para-hydroxylation sites is 2. The van der Waals surface area contributed by atoms with E-state index in [0.29, 0.717) is 48.6 Å². The summed E-state index contributed by atoms with van der Waals surface area (Å²) in [5, 5.41) is 3.34. The highest BCUT2D eigenvalue weighted by Crippen LogP contribution is 2.38. The van der Waals surface area contributed by atoms with Gasteiger partial charge >= 0.3 is 0 Å². The first-order valence-corrected chi connectivity index (χ1v) is 9.30. The third kappa shape index (κ3) is 4.22. The highest BCUT2D eigenvalue weighted by molar-refractivity contribution is 6.32. The zero-order valence-corrected chi connectivity index (χ0v) is 15.5. The summed E-state index contributed by atoms with van der Waals surface area (Å²) in [6.07, 6.45) is 0.768. The number of carbonyl (C=O) groups is 1. The molecule has 2 aliphatic heterocycles. The van der Waals surface area contributed by atoms with Crippen molar-refractivity contribution in [2.24, 2.45) is 0 Å². The van der Waals surface area contributed by atoms with E-state index in [1.807, 2.05) is 30.3 Å². The molecule has 1 atom stereocenters. The second-order valence-electron chi connectivity index (χ2n) is 6.43. The van der Waals surface area contributed by atoms with E-state index in [1.54, 1.807) is 6.07 Å². The number of benzene rings is 2. The van der Waals surface area contributed by atoms with Crippen LogP contribution < -0.4 is 24.3 Å². The number of ether oxygens (including phenoxy) is 4. The molecule has 142 valence electrons. The summed E-state index contributed by atoms with van der Waals surface area (Å²) in [5.74, 6) is 2.43. The molecule has 4 rings (SSSR count). The van der Waals surface area contributed by atoms with Crippen molar-refractivity contribution in [3.63, 3.8) is 0 Å². The molecule has 0 saturated heterocycles. The summed E-state index contributed by atoms with van der Waals surface area (Å²) in [7, 11) is 0. The minimum atomic E-state index is -0.226. The summed E-state index contributed by atoms with van der Waals surface area (Å²) < 4.78 is 22.8. The second-order valence-corrected chi connectivity index (χ2v) is 6.84. The highest BCUT2D eigenvalue weighted by atomic mass is 35.5. The van der Waals surface area contributed by atoms with Gasteiger partial charge in [-0.3, -0.25) is 4.79 Å². The Kier molecular flexibility index (Phi) is 5.25. The summed E-state index contributed by atoms with van der Waals surface area (Å²) in [4.78, 5) is 12.3. The van der Waals surface area contributed by atoms with E-state index in [1.165, 1.54) is 0 Å². The Hall–Kier alpha value is -2.60. The predicted molar refractivity (Wildman–Crippen MR) is 100 cm³/mol. The fourth-order valence-electron chi connectivity index (χ4n) is 3.03. The molecule has 1 unspecified atom stereocenters. The first kappa shape index (κ1) is 17.8. The number of nitrogens with one attached hydrogen (secondary N) is 1. The fourth-order valence-corrected chi connectivity index (χ4v) is 3.31.